The maximum atomic E-state index is 9.42. The summed E-state index contributed by atoms with van der Waals surface area (Å²) in [6, 6.07) is 25.4. The van der Waals surface area contributed by atoms with E-state index in [0.717, 1.165) is 22.0 Å². The van der Waals surface area contributed by atoms with Crippen molar-refractivity contribution in [2.24, 2.45) is 4.99 Å². The van der Waals surface area contributed by atoms with Gasteiger partial charge in [-0.3, -0.25) is 0 Å². The molecule has 0 radical (unpaired) electrons. The number of para-hydroxylation sites is 1. The van der Waals surface area contributed by atoms with E-state index in [2.05, 4.69) is 28.5 Å². The Hall–Kier alpha value is -3.32. The zero-order valence-corrected chi connectivity index (χ0v) is 12.9. The van der Waals surface area contributed by atoms with Crippen LogP contribution in [0.1, 0.15) is 5.56 Å². The number of anilines is 1. The fourth-order valence-electron chi connectivity index (χ4n) is 2.86. The summed E-state index contributed by atoms with van der Waals surface area (Å²) in [6.45, 7) is 0. The molecule has 0 aromatic heterocycles. The first kappa shape index (κ1) is 14.3. The van der Waals surface area contributed by atoms with Gasteiger partial charge < -0.3 is 10.1 Å². The van der Waals surface area contributed by atoms with E-state index in [1.165, 1.54) is 0 Å². The second kappa shape index (κ2) is 6.05. The molecule has 1 aliphatic heterocycles. The molecule has 1 aliphatic rings. The molecule has 1 heterocycles. The van der Waals surface area contributed by atoms with E-state index >= 15 is 0 Å². The molecule has 0 spiro atoms. The largest absolute Gasteiger partial charge is 0.450 e. The van der Waals surface area contributed by atoms with Crippen molar-refractivity contribution in [3.63, 3.8) is 0 Å². The fourth-order valence-corrected chi connectivity index (χ4v) is 2.86. The number of nitrogens with zero attached hydrogens (tertiary/aromatic N) is 2. The molecule has 3 aromatic rings. The molecular weight excluding hydrogens is 298 g/mol. The molecule has 4 nitrogen and oxygen atoms in total. The Morgan fingerprint density at radius 3 is 2.50 bits per heavy atom. The molecule has 116 valence electrons. The summed E-state index contributed by atoms with van der Waals surface area (Å²) in [4.78, 5) is 4.48. The van der Waals surface area contributed by atoms with Crippen molar-refractivity contribution in [1.82, 2.24) is 0 Å². The van der Waals surface area contributed by atoms with Crippen molar-refractivity contribution in [3.05, 3.63) is 78.4 Å². The third kappa shape index (κ3) is 2.57. The molecule has 0 amide bonds. The van der Waals surface area contributed by atoms with Gasteiger partial charge in [0.05, 0.1) is 6.07 Å². The van der Waals surface area contributed by atoms with E-state index in [1.54, 1.807) is 0 Å². The average Bonchev–Trinajstić information content (AvgIpc) is 3.05. The van der Waals surface area contributed by atoms with Gasteiger partial charge in [0.15, 0.2) is 6.04 Å². The standard InChI is InChI=1S/C20H15N3O/c21-13-18-20(22-15-9-2-1-3-10-15)24-19(23-18)17-12-6-8-14-7-4-5-11-16(14)17/h1-12,18,20,22H. The first-order valence-corrected chi connectivity index (χ1v) is 7.79. The lowest BCUT2D eigenvalue weighted by atomic mass is 10.0. The molecule has 0 fully saturated rings. The third-order valence-electron chi connectivity index (χ3n) is 4.02. The molecule has 2 atom stereocenters. The van der Waals surface area contributed by atoms with Gasteiger partial charge in [0.2, 0.25) is 12.1 Å². The molecule has 2 unspecified atom stereocenters. The number of nitriles is 1. The summed E-state index contributed by atoms with van der Waals surface area (Å²) in [6.07, 6.45) is -0.494. The van der Waals surface area contributed by atoms with Gasteiger partial charge in [-0.2, -0.15) is 5.26 Å². The lowest BCUT2D eigenvalue weighted by molar-refractivity contribution is 0.238. The average molecular weight is 313 g/mol. The number of rotatable bonds is 3. The summed E-state index contributed by atoms with van der Waals surface area (Å²) >= 11 is 0. The normalized spacial score (nSPS) is 19.4. The maximum absolute atomic E-state index is 9.42. The molecule has 0 saturated heterocycles. The van der Waals surface area contributed by atoms with Gasteiger partial charge in [0.1, 0.15) is 0 Å². The minimum absolute atomic E-state index is 0.494. The molecular formula is C20H15N3O. The van der Waals surface area contributed by atoms with Crippen LogP contribution in [0.15, 0.2) is 77.8 Å². The second-order valence-corrected chi connectivity index (χ2v) is 5.58. The molecule has 0 bridgehead atoms. The molecule has 4 heteroatoms. The van der Waals surface area contributed by atoms with Crippen LogP contribution >= 0.6 is 0 Å². The number of hydrogen-bond donors (Lipinski definition) is 1. The molecule has 1 N–H and O–H groups in total. The van der Waals surface area contributed by atoms with Crippen LogP contribution in [0.2, 0.25) is 0 Å². The van der Waals surface area contributed by atoms with E-state index in [-0.39, 0.29) is 0 Å². The van der Waals surface area contributed by atoms with Crippen LogP contribution in [0.25, 0.3) is 10.8 Å². The highest BCUT2D eigenvalue weighted by Gasteiger charge is 2.32. The summed E-state index contributed by atoms with van der Waals surface area (Å²) in [5, 5.41) is 14.8. The highest BCUT2D eigenvalue weighted by atomic mass is 16.5. The first-order valence-electron chi connectivity index (χ1n) is 7.79. The van der Waals surface area contributed by atoms with E-state index in [1.807, 2.05) is 60.7 Å². The maximum Gasteiger partial charge on any atom is 0.220 e. The van der Waals surface area contributed by atoms with Crippen LogP contribution in [0.4, 0.5) is 5.69 Å². The lowest BCUT2D eigenvalue weighted by Crippen LogP contribution is -2.30. The van der Waals surface area contributed by atoms with E-state index in [9.17, 15) is 5.26 Å². The smallest absolute Gasteiger partial charge is 0.220 e. The molecule has 3 aromatic carbocycles. The quantitative estimate of drug-likeness (QED) is 0.796. The van der Waals surface area contributed by atoms with Crippen LogP contribution in [-0.4, -0.2) is 18.2 Å². The van der Waals surface area contributed by atoms with Crippen molar-refractivity contribution in [3.8, 4) is 6.07 Å². The number of benzene rings is 3. The van der Waals surface area contributed by atoms with Crippen LogP contribution < -0.4 is 5.32 Å². The number of ether oxygens (including phenoxy) is 1. The summed E-state index contributed by atoms with van der Waals surface area (Å²) in [5.41, 5.74) is 1.81. The number of nitrogens with one attached hydrogen (secondary N) is 1. The van der Waals surface area contributed by atoms with Crippen molar-refractivity contribution in [1.29, 1.82) is 5.26 Å². The summed E-state index contributed by atoms with van der Waals surface area (Å²) in [7, 11) is 0. The molecule has 4 rings (SSSR count). The van der Waals surface area contributed by atoms with Crippen molar-refractivity contribution < 1.29 is 4.74 Å². The zero-order valence-electron chi connectivity index (χ0n) is 12.9. The number of hydrogen-bond acceptors (Lipinski definition) is 4. The van der Waals surface area contributed by atoms with Gasteiger partial charge in [-0.25, -0.2) is 4.99 Å². The SMILES string of the molecule is N#CC1N=C(c2cccc3ccccc23)OC1Nc1ccccc1. The Balaban J connectivity index is 1.66. The van der Waals surface area contributed by atoms with Gasteiger partial charge in [0.25, 0.3) is 0 Å². The van der Waals surface area contributed by atoms with Crippen LogP contribution in [0, 0.1) is 11.3 Å². The summed E-state index contributed by atoms with van der Waals surface area (Å²) < 4.78 is 5.98. The van der Waals surface area contributed by atoms with E-state index in [4.69, 9.17) is 4.74 Å². The minimum atomic E-state index is -0.584. The number of aliphatic imine (C=N–C) groups is 1. The molecule has 24 heavy (non-hydrogen) atoms. The minimum Gasteiger partial charge on any atom is -0.450 e. The summed E-state index contributed by atoms with van der Waals surface area (Å²) in [5.74, 6) is 0.506. The van der Waals surface area contributed by atoms with Gasteiger partial charge >= 0.3 is 0 Å². The molecule has 0 saturated carbocycles. The van der Waals surface area contributed by atoms with Crippen molar-refractivity contribution >= 4 is 22.4 Å². The fraction of sp³-hybridized carbons (Fsp3) is 0.100. The first-order chi connectivity index (χ1) is 11.8. The number of fused-ring (bicyclic) bond motifs is 1. The Kier molecular flexibility index (Phi) is 3.60. The topological polar surface area (TPSA) is 57.4 Å². The lowest BCUT2D eigenvalue weighted by Gasteiger charge is -2.16. The van der Waals surface area contributed by atoms with Gasteiger partial charge in [-0.15, -0.1) is 0 Å². The van der Waals surface area contributed by atoms with Gasteiger partial charge in [0, 0.05) is 11.3 Å². The molecule has 0 aliphatic carbocycles. The van der Waals surface area contributed by atoms with Crippen LogP contribution in [0.3, 0.4) is 0 Å². The van der Waals surface area contributed by atoms with Gasteiger partial charge in [-0.1, -0.05) is 54.6 Å². The second-order valence-electron chi connectivity index (χ2n) is 5.58. The Bertz CT molecular complexity index is 939. The van der Waals surface area contributed by atoms with Crippen LogP contribution in [-0.2, 0) is 4.74 Å². The predicted molar refractivity (Wildman–Crippen MR) is 94.8 cm³/mol. The zero-order chi connectivity index (χ0) is 16.4. The predicted octanol–water partition coefficient (Wildman–Crippen LogP) is 3.95. The Morgan fingerprint density at radius 2 is 1.67 bits per heavy atom. The third-order valence-corrected chi connectivity index (χ3v) is 4.02. The van der Waals surface area contributed by atoms with E-state index < -0.39 is 12.3 Å². The van der Waals surface area contributed by atoms with E-state index in [0.29, 0.717) is 5.90 Å². The van der Waals surface area contributed by atoms with Crippen LogP contribution in [0.5, 0.6) is 0 Å². The van der Waals surface area contributed by atoms with Crippen molar-refractivity contribution in [2.75, 3.05) is 5.32 Å². The highest BCUT2D eigenvalue weighted by Crippen LogP contribution is 2.25. The van der Waals surface area contributed by atoms with Gasteiger partial charge in [-0.05, 0) is 29.0 Å². The Morgan fingerprint density at radius 1 is 0.917 bits per heavy atom. The Labute approximate surface area is 140 Å². The monoisotopic (exact) mass is 313 g/mol. The highest BCUT2D eigenvalue weighted by molar-refractivity contribution is 6.07. The van der Waals surface area contributed by atoms with Crippen molar-refractivity contribution in [2.45, 2.75) is 12.3 Å².